The molecule has 2 aromatic carbocycles. The van der Waals surface area contributed by atoms with Crippen LogP contribution in [0.3, 0.4) is 0 Å². The van der Waals surface area contributed by atoms with Gasteiger partial charge < -0.3 is 10.1 Å². The summed E-state index contributed by atoms with van der Waals surface area (Å²) >= 11 is 14.6. The lowest BCUT2D eigenvalue weighted by atomic mass is 10.1. The molecule has 0 aliphatic carbocycles. The molecule has 0 amide bonds. The Labute approximate surface area is 141 Å². The average Bonchev–Trinajstić information content (AvgIpc) is 2.85. The van der Waals surface area contributed by atoms with Gasteiger partial charge in [0.25, 0.3) is 0 Å². The Balaban J connectivity index is 1.82. The van der Waals surface area contributed by atoms with Crippen LogP contribution in [0.5, 0.6) is 5.75 Å². The number of nitrogens with one attached hydrogen (secondary N) is 1. The molecule has 0 saturated heterocycles. The SMILES string of the molecule is Clc1cc2c(c(CNc3ccc(I)cc3Cl)c1)OCC2. The zero-order valence-corrected chi connectivity index (χ0v) is 14.2. The lowest BCUT2D eigenvalue weighted by Gasteiger charge is -2.12. The number of fused-ring (bicyclic) bond motifs is 1. The lowest BCUT2D eigenvalue weighted by Crippen LogP contribution is -2.02. The van der Waals surface area contributed by atoms with Crippen LogP contribution < -0.4 is 10.1 Å². The maximum absolute atomic E-state index is 6.22. The average molecular weight is 420 g/mol. The molecule has 104 valence electrons. The van der Waals surface area contributed by atoms with Crippen LogP contribution in [0.15, 0.2) is 30.3 Å². The molecule has 0 aromatic heterocycles. The van der Waals surface area contributed by atoms with E-state index in [0.29, 0.717) is 6.54 Å². The zero-order valence-electron chi connectivity index (χ0n) is 10.6. The topological polar surface area (TPSA) is 21.3 Å². The van der Waals surface area contributed by atoms with Gasteiger partial charge in [-0.15, -0.1) is 0 Å². The molecule has 20 heavy (non-hydrogen) atoms. The van der Waals surface area contributed by atoms with Crippen LogP contribution in [-0.2, 0) is 13.0 Å². The summed E-state index contributed by atoms with van der Waals surface area (Å²) in [6, 6.07) is 9.86. The van der Waals surface area contributed by atoms with Crippen molar-refractivity contribution in [2.45, 2.75) is 13.0 Å². The molecule has 1 heterocycles. The Bertz CT molecular complexity index is 661. The molecule has 1 aliphatic rings. The van der Waals surface area contributed by atoms with Crippen LogP contribution in [0.25, 0.3) is 0 Å². The molecule has 2 aromatic rings. The summed E-state index contributed by atoms with van der Waals surface area (Å²) < 4.78 is 6.81. The third-order valence-electron chi connectivity index (χ3n) is 3.23. The second-order valence-corrected chi connectivity index (χ2v) is 6.72. The maximum Gasteiger partial charge on any atom is 0.127 e. The monoisotopic (exact) mass is 419 g/mol. The first-order valence-electron chi connectivity index (χ1n) is 6.26. The summed E-state index contributed by atoms with van der Waals surface area (Å²) in [6.07, 6.45) is 0.924. The summed E-state index contributed by atoms with van der Waals surface area (Å²) in [7, 11) is 0. The second kappa shape index (κ2) is 6.00. The van der Waals surface area contributed by atoms with E-state index in [2.05, 4.69) is 27.9 Å². The first-order chi connectivity index (χ1) is 9.63. The van der Waals surface area contributed by atoms with E-state index in [-0.39, 0.29) is 0 Å². The van der Waals surface area contributed by atoms with Gasteiger partial charge in [0, 0.05) is 27.1 Å². The van der Waals surface area contributed by atoms with E-state index in [4.69, 9.17) is 27.9 Å². The summed E-state index contributed by atoms with van der Waals surface area (Å²) in [6.45, 7) is 1.37. The van der Waals surface area contributed by atoms with E-state index in [0.717, 1.165) is 43.6 Å². The number of hydrogen-bond acceptors (Lipinski definition) is 2. The number of benzene rings is 2. The van der Waals surface area contributed by atoms with Gasteiger partial charge in [0.05, 0.1) is 17.3 Å². The van der Waals surface area contributed by atoms with Crippen molar-refractivity contribution in [2.75, 3.05) is 11.9 Å². The number of rotatable bonds is 3. The van der Waals surface area contributed by atoms with E-state index >= 15 is 0 Å². The highest BCUT2D eigenvalue weighted by atomic mass is 127. The van der Waals surface area contributed by atoms with Crippen LogP contribution in [0.2, 0.25) is 10.0 Å². The van der Waals surface area contributed by atoms with Gasteiger partial charge >= 0.3 is 0 Å². The predicted octanol–water partition coefficient (Wildman–Crippen LogP) is 5.15. The van der Waals surface area contributed by atoms with Crippen LogP contribution >= 0.6 is 45.8 Å². The van der Waals surface area contributed by atoms with Gasteiger partial charge in [-0.1, -0.05) is 23.2 Å². The molecular formula is C15H12Cl2INO. The van der Waals surface area contributed by atoms with Crippen LogP contribution in [0, 0.1) is 3.57 Å². The number of anilines is 1. The molecule has 2 nitrogen and oxygen atoms in total. The van der Waals surface area contributed by atoms with E-state index in [1.54, 1.807) is 0 Å². The van der Waals surface area contributed by atoms with Crippen LogP contribution in [-0.4, -0.2) is 6.61 Å². The molecule has 0 radical (unpaired) electrons. The highest BCUT2D eigenvalue weighted by Crippen LogP contribution is 2.34. The third-order valence-corrected chi connectivity index (χ3v) is 4.43. The quantitative estimate of drug-likeness (QED) is 0.695. The maximum atomic E-state index is 6.22. The molecule has 0 fully saturated rings. The van der Waals surface area contributed by atoms with Crippen molar-refractivity contribution in [3.8, 4) is 5.75 Å². The molecule has 0 spiro atoms. The molecule has 0 bridgehead atoms. The first-order valence-corrected chi connectivity index (χ1v) is 8.10. The Kier molecular flexibility index (Phi) is 4.29. The van der Waals surface area contributed by atoms with Crippen molar-refractivity contribution >= 4 is 51.5 Å². The van der Waals surface area contributed by atoms with Crippen LogP contribution in [0.1, 0.15) is 11.1 Å². The fourth-order valence-electron chi connectivity index (χ4n) is 2.30. The Morgan fingerprint density at radius 3 is 2.85 bits per heavy atom. The Hall–Kier alpha value is -0.650. The van der Waals surface area contributed by atoms with Gasteiger partial charge in [-0.05, 0) is 58.5 Å². The number of halogens is 3. The van der Waals surface area contributed by atoms with Crippen molar-refractivity contribution in [3.63, 3.8) is 0 Å². The largest absolute Gasteiger partial charge is 0.493 e. The number of ether oxygens (including phenoxy) is 1. The predicted molar refractivity (Wildman–Crippen MR) is 92.1 cm³/mol. The molecule has 1 aliphatic heterocycles. The highest BCUT2D eigenvalue weighted by Gasteiger charge is 2.17. The minimum absolute atomic E-state index is 0.642. The normalized spacial score (nSPS) is 12.9. The molecule has 0 unspecified atom stereocenters. The van der Waals surface area contributed by atoms with Gasteiger partial charge in [-0.3, -0.25) is 0 Å². The summed E-state index contributed by atoms with van der Waals surface area (Å²) in [4.78, 5) is 0. The Morgan fingerprint density at radius 2 is 2.05 bits per heavy atom. The van der Waals surface area contributed by atoms with Gasteiger partial charge in [0.1, 0.15) is 5.75 Å². The third kappa shape index (κ3) is 3.00. The van der Waals surface area contributed by atoms with Crippen molar-refractivity contribution in [3.05, 3.63) is 55.1 Å². The van der Waals surface area contributed by atoms with E-state index < -0.39 is 0 Å². The molecule has 1 N–H and O–H groups in total. The minimum Gasteiger partial charge on any atom is -0.493 e. The molecule has 0 atom stereocenters. The first kappa shape index (κ1) is 14.3. The van der Waals surface area contributed by atoms with Gasteiger partial charge in [0.2, 0.25) is 0 Å². The van der Waals surface area contributed by atoms with Crippen molar-refractivity contribution in [1.82, 2.24) is 0 Å². The highest BCUT2D eigenvalue weighted by molar-refractivity contribution is 14.1. The smallest absolute Gasteiger partial charge is 0.127 e. The standard InChI is InChI=1S/C15H12Cl2INO/c16-11-5-9-3-4-20-15(9)10(6-11)8-19-14-2-1-12(18)7-13(14)17/h1-2,5-7,19H,3-4,8H2. The Morgan fingerprint density at radius 1 is 1.20 bits per heavy atom. The summed E-state index contributed by atoms with van der Waals surface area (Å²) in [5.41, 5.74) is 3.17. The van der Waals surface area contributed by atoms with E-state index in [1.165, 1.54) is 5.56 Å². The second-order valence-electron chi connectivity index (χ2n) is 4.63. The van der Waals surface area contributed by atoms with Gasteiger partial charge in [0.15, 0.2) is 0 Å². The summed E-state index contributed by atoms with van der Waals surface area (Å²) in [5.74, 6) is 0.962. The number of hydrogen-bond donors (Lipinski definition) is 1. The van der Waals surface area contributed by atoms with Crippen molar-refractivity contribution in [1.29, 1.82) is 0 Å². The minimum atomic E-state index is 0.642. The summed E-state index contributed by atoms with van der Waals surface area (Å²) in [5, 5.41) is 4.81. The van der Waals surface area contributed by atoms with Gasteiger partial charge in [-0.25, -0.2) is 0 Å². The van der Waals surface area contributed by atoms with Crippen LogP contribution in [0.4, 0.5) is 5.69 Å². The fourth-order valence-corrected chi connectivity index (χ4v) is 3.49. The molecular weight excluding hydrogens is 408 g/mol. The molecule has 5 heteroatoms. The lowest BCUT2D eigenvalue weighted by molar-refractivity contribution is 0.354. The van der Waals surface area contributed by atoms with Crippen molar-refractivity contribution < 1.29 is 4.74 Å². The molecule has 3 rings (SSSR count). The van der Waals surface area contributed by atoms with Gasteiger partial charge in [-0.2, -0.15) is 0 Å². The fraction of sp³-hybridized carbons (Fsp3) is 0.200. The molecule has 0 saturated carbocycles. The zero-order chi connectivity index (χ0) is 14.1. The van der Waals surface area contributed by atoms with Crippen molar-refractivity contribution in [2.24, 2.45) is 0 Å². The van der Waals surface area contributed by atoms with E-state index in [1.807, 2.05) is 30.3 Å². The van der Waals surface area contributed by atoms with E-state index in [9.17, 15) is 0 Å².